The van der Waals surface area contributed by atoms with Crippen molar-refractivity contribution in [2.24, 2.45) is 0 Å². The summed E-state index contributed by atoms with van der Waals surface area (Å²) in [6, 6.07) is 15.0. The zero-order valence-corrected chi connectivity index (χ0v) is 16.0. The number of hydrogen-bond donors (Lipinski definition) is 3. The van der Waals surface area contributed by atoms with Gasteiger partial charge in [0.15, 0.2) is 6.61 Å². The molecule has 148 valence electrons. The van der Waals surface area contributed by atoms with Crippen molar-refractivity contribution in [3.63, 3.8) is 0 Å². The normalized spacial score (nSPS) is 11.2. The Hall–Kier alpha value is -3.35. The molecule has 0 saturated carbocycles. The maximum absolute atomic E-state index is 12.5. The number of ether oxygens (including phenoxy) is 1. The topological polar surface area (TPSA) is 96.5 Å². The summed E-state index contributed by atoms with van der Waals surface area (Å²) in [5.41, 5.74) is 0.972. The molecule has 1 atom stereocenters. The third kappa shape index (κ3) is 6.42. The second kappa shape index (κ2) is 10.7. The molecule has 0 aliphatic heterocycles. The van der Waals surface area contributed by atoms with E-state index >= 15 is 0 Å². The standard InChI is InChI=1S/C21H25N3O4/c1-3-13-22-20(26)15(2)23-19(25)14-28-18-12-8-7-11-17(18)21(27)24-16-9-5-4-6-10-16/h4-12,15H,3,13-14H2,1-2H3,(H,22,26)(H,23,25)(H,24,27)/t15-/m1/s1. The van der Waals surface area contributed by atoms with Gasteiger partial charge in [-0.2, -0.15) is 0 Å². The van der Waals surface area contributed by atoms with Crippen LogP contribution >= 0.6 is 0 Å². The molecule has 0 heterocycles. The summed E-state index contributed by atoms with van der Waals surface area (Å²) in [6.07, 6.45) is 0.817. The molecule has 28 heavy (non-hydrogen) atoms. The molecule has 0 fully saturated rings. The van der Waals surface area contributed by atoms with Gasteiger partial charge in [0, 0.05) is 12.2 Å². The van der Waals surface area contributed by atoms with E-state index in [1.807, 2.05) is 25.1 Å². The molecule has 0 bridgehead atoms. The SMILES string of the molecule is CCCNC(=O)[C@@H](C)NC(=O)COc1ccccc1C(=O)Nc1ccccc1. The summed E-state index contributed by atoms with van der Waals surface area (Å²) >= 11 is 0. The van der Waals surface area contributed by atoms with Gasteiger partial charge >= 0.3 is 0 Å². The van der Waals surface area contributed by atoms with Gasteiger partial charge in [0.1, 0.15) is 11.8 Å². The Labute approximate surface area is 164 Å². The highest BCUT2D eigenvalue weighted by Crippen LogP contribution is 2.19. The van der Waals surface area contributed by atoms with E-state index in [2.05, 4.69) is 16.0 Å². The number of anilines is 1. The van der Waals surface area contributed by atoms with Gasteiger partial charge in [0.2, 0.25) is 5.91 Å². The minimum Gasteiger partial charge on any atom is -0.483 e. The van der Waals surface area contributed by atoms with Crippen LogP contribution in [0.3, 0.4) is 0 Å². The van der Waals surface area contributed by atoms with Crippen molar-refractivity contribution in [3.05, 3.63) is 60.2 Å². The van der Waals surface area contributed by atoms with Crippen LogP contribution in [0.1, 0.15) is 30.6 Å². The van der Waals surface area contributed by atoms with Crippen molar-refractivity contribution < 1.29 is 19.1 Å². The van der Waals surface area contributed by atoms with Gasteiger partial charge in [0.25, 0.3) is 11.8 Å². The summed E-state index contributed by atoms with van der Waals surface area (Å²) in [4.78, 5) is 36.4. The maximum atomic E-state index is 12.5. The van der Waals surface area contributed by atoms with E-state index in [1.165, 1.54) is 0 Å². The molecule has 7 heteroatoms. The van der Waals surface area contributed by atoms with Crippen molar-refractivity contribution in [1.82, 2.24) is 10.6 Å². The van der Waals surface area contributed by atoms with Gasteiger partial charge in [-0.3, -0.25) is 14.4 Å². The number of nitrogens with one attached hydrogen (secondary N) is 3. The first-order valence-corrected chi connectivity index (χ1v) is 9.16. The fraction of sp³-hybridized carbons (Fsp3) is 0.286. The van der Waals surface area contributed by atoms with Crippen LogP contribution < -0.4 is 20.7 Å². The average Bonchev–Trinajstić information content (AvgIpc) is 2.71. The molecule has 0 unspecified atom stereocenters. The van der Waals surface area contributed by atoms with Crippen LogP contribution in [0.25, 0.3) is 0 Å². The van der Waals surface area contributed by atoms with E-state index < -0.39 is 11.9 Å². The molecule has 3 amide bonds. The highest BCUT2D eigenvalue weighted by Gasteiger charge is 2.17. The van der Waals surface area contributed by atoms with Gasteiger partial charge < -0.3 is 20.7 Å². The predicted octanol–water partition coefficient (Wildman–Crippen LogP) is 2.35. The number of hydrogen-bond acceptors (Lipinski definition) is 4. The molecular formula is C21H25N3O4. The second-order valence-electron chi connectivity index (χ2n) is 6.19. The van der Waals surface area contributed by atoms with Crippen LogP contribution in [-0.2, 0) is 9.59 Å². The van der Waals surface area contributed by atoms with Gasteiger partial charge in [-0.15, -0.1) is 0 Å². The first kappa shape index (κ1) is 21.0. The summed E-state index contributed by atoms with van der Waals surface area (Å²) in [6.45, 7) is 3.80. The molecule has 2 rings (SSSR count). The molecule has 0 saturated heterocycles. The van der Waals surface area contributed by atoms with E-state index in [9.17, 15) is 14.4 Å². The molecule has 0 aliphatic carbocycles. The molecule has 0 spiro atoms. The first-order valence-electron chi connectivity index (χ1n) is 9.16. The number of amides is 3. The van der Waals surface area contributed by atoms with Crippen molar-refractivity contribution in [3.8, 4) is 5.75 Å². The predicted molar refractivity (Wildman–Crippen MR) is 107 cm³/mol. The monoisotopic (exact) mass is 383 g/mol. The first-order chi connectivity index (χ1) is 13.5. The van der Waals surface area contributed by atoms with Crippen molar-refractivity contribution in [2.75, 3.05) is 18.5 Å². The van der Waals surface area contributed by atoms with E-state index in [1.54, 1.807) is 43.3 Å². The van der Waals surface area contributed by atoms with E-state index in [0.29, 0.717) is 17.8 Å². The highest BCUT2D eigenvalue weighted by atomic mass is 16.5. The minimum atomic E-state index is -0.667. The van der Waals surface area contributed by atoms with Crippen LogP contribution in [0.15, 0.2) is 54.6 Å². The summed E-state index contributed by atoms with van der Waals surface area (Å²) < 4.78 is 5.51. The second-order valence-corrected chi connectivity index (χ2v) is 6.19. The fourth-order valence-electron chi connectivity index (χ4n) is 2.39. The Morgan fingerprint density at radius 2 is 1.68 bits per heavy atom. The fourth-order valence-corrected chi connectivity index (χ4v) is 2.39. The van der Waals surface area contributed by atoms with Crippen LogP contribution in [0.5, 0.6) is 5.75 Å². The minimum absolute atomic E-state index is 0.252. The van der Waals surface area contributed by atoms with Crippen molar-refractivity contribution in [2.45, 2.75) is 26.3 Å². The van der Waals surface area contributed by atoms with E-state index in [0.717, 1.165) is 6.42 Å². The Morgan fingerprint density at radius 3 is 2.39 bits per heavy atom. The Morgan fingerprint density at radius 1 is 1.00 bits per heavy atom. The van der Waals surface area contributed by atoms with E-state index in [4.69, 9.17) is 4.74 Å². The van der Waals surface area contributed by atoms with Crippen molar-refractivity contribution >= 4 is 23.4 Å². The van der Waals surface area contributed by atoms with Crippen LogP contribution in [0.2, 0.25) is 0 Å². The molecule has 2 aromatic rings. The average molecular weight is 383 g/mol. The van der Waals surface area contributed by atoms with Crippen LogP contribution in [-0.4, -0.2) is 36.9 Å². The molecule has 3 N–H and O–H groups in total. The van der Waals surface area contributed by atoms with Gasteiger partial charge in [-0.1, -0.05) is 37.3 Å². The largest absolute Gasteiger partial charge is 0.483 e. The van der Waals surface area contributed by atoms with Crippen LogP contribution in [0, 0.1) is 0 Å². The van der Waals surface area contributed by atoms with E-state index in [-0.39, 0.29) is 24.2 Å². The summed E-state index contributed by atoms with van der Waals surface area (Å²) in [5, 5.41) is 8.06. The number of benzene rings is 2. The van der Waals surface area contributed by atoms with Crippen LogP contribution in [0.4, 0.5) is 5.69 Å². The smallest absolute Gasteiger partial charge is 0.259 e. The summed E-state index contributed by atoms with van der Waals surface area (Å²) in [5.74, 6) is -0.751. The van der Waals surface area contributed by atoms with Crippen molar-refractivity contribution in [1.29, 1.82) is 0 Å². The Bertz CT molecular complexity index is 808. The molecule has 7 nitrogen and oxygen atoms in total. The summed E-state index contributed by atoms with van der Waals surface area (Å²) in [7, 11) is 0. The number of para-hydroxylation sites is 2. The Kier molecular flexibility index (Phi) is 8.02. The molecular weight excluding hydrogens is 358 g/mol. The third-order valence-electron chi connectivity index (χ3n) is 3.84. The van der Waals surface area contributed by atoms with Gasteiger partial charge in [-0.05, 0) is 37.6 Å². The van der Waals surface area contributed by atoms with Gasteiger partial charge in [0.05, 0.1) is 5.56 Å². The maximum Gasteiger partial charge on any atom is 0.259 e. The van der Waals surface area contributed by atoms with Gasteiger partial charge in [-0.25, -0.2) is 0 Å². The quantitative estimate of drug-likeness (QED) is 0.619. The highest BCUT2D eigenvalue weighted by molar-refractivity contribution is 6.06. The number of carbonyl (C=O) groups excluding carboxylic acids is 3. The Balaban J connectivity index is 1.93. The molecule has 0 radical (unpaired) electrons. The lowest BCUT2D eigenvalue weighted by atomic mass is 10.2. The zero-order valence-electron chi connectivity index (χ0n) is 16.0. The number of rotatable bonds is 9. The zero-order chi connectivity index (χ0) is 20.4. The lowest BCUT2D eigenvalue weighted by molar-refractivity contribution is -0.129. The molecule has 0 aromatic heterocycles. The lowest BCUT2D eigenvalue weighted by Gasteiger charge is -2.15. The molecule has 2 aromatic carbocycles. The third-order valence-corrected chi connectivity index (χ3v) is 3.84. The lowest BCUT2D eigenvalue weighted by Crippen LogP contribution is -2.46. The molecule has 0 aliphatic rings. The number of carbonyl (C=O) groups is 3.